The van der Waals surface area contributed by atoms with Crippen molar-refractivity contribution < 1.29 is 4.74 Å². The standard InChI is InChI=1S/C16H27NO/c1-7-13(3)18-15-9-8-12(2)10-14(15)11-17-16(4,5)6/h8-10,13,17H,7,11H2,1-6H3. The highest BCUT2D eigenvalue weighted by atomic mass is 16.5. The van der Waals surface area contributed by atoms with Crippen LogP contribution >= 0.6 is 0 Å². The van der Waals surface area contributed by atoms with Gasteiger partial charge in [0.15, 0.2) is 0 Å². The van der Waals surface area contributed by atoms with Crippen LogP contribution in [0.3, 0.4) is 0 Å². The van der Waals surface area contributed by atoms with E-state index in [2.05, 4.69) is 65.1 Å². The van der Waals surface area contributed by atoms with Crippen molar-refractivity contribution in [2.45, 2.75) is 66.2 Å². The molecule has 1 N–H and O–H groups in total. The Kier molecular flexibility index (Phi) is 5.21. The van der Waals surface area contributed by atoms with Crippen LogP contribution in [0.25, 0.3) is 0 Å². The average molecular weight is 249 g/mol. The van der Waals surface area contributed by atoms with Gasteiger partial charge in [-0.15, -0.1) is 0 Å². The number of nitrogens with one attached hydrogen (secondary N) is 1. The van der Waals surface area contributed by atoms with Crippen molar-refractivity contribution in [2.24, 2.45) is 0 Å². The second-order valence-electron chi connectivity index (χ2n) is 6.05. The van der Waals surface area contributed by atoms with Crippen molar-refractivity contribution >= 4 is 0 Å². The van der Waals surface area contributed by atoms with Crippen LogP contribution in [-0.4, -0.2) is 11.6 Å². The third kappa shape index (κ3) is 5.09. The normalized spacial score (nSPS) is 13.4. The van der Waals surface area contributed by atoms with E-state index in [0.717, 1.165) is 18.7 Å². The molecule has 0 radical (unpaired) electrons. The molecule has 1 aromatic rings. The van der Waals surface area contributed by atoms with Gasteiger partial charge >= 0.3 is 0 Å². The summed E-state index contributed by atoms with van der Waals surface area (Å²) in [6, 6.07) is 6.40. The summed E-state index contributed by atoms with van der Waals surface area (Å²) in [6.45, 7) is 13.8. The lowest BCUT2D eigenvalue weighted by Crippen LogP contribution is -2.35. The molecule has 0 aliphatic heterocycles. The van der Waals surface area contributed by atoms with E-state index < -0.39 is 0 Å². The average Bonchev–Trinajstić information content (AvgIpc) is 2.28. The molecule has 1 rings (SSSR count). The smallest absolute Gasteiger partial charge is 0.124 e. The summed E-state index contributed by atoms with van der Waals surface area (Å²) in [5.41, 5.74) is 2.64. The Morgan fingerprint density at radius 3 is 2.50 bits per heavy atom. The molecule has 2 nitrogen and oxygen atoms in total. The van der Waals surface area contributed by atoms with Crippen molar-refractivity contribution in [2.75, 3.05) is 0 Å². The van der Waals surface area contributed by atoms with Crippen LogP contribution < -0.4 is 10.1 Å². The molecule has 0 heterocycles. The van der Waals surface area contributed by atoms with Gasteiger partial charge in [0.25, 0.3) is 0 Å². The number of rotatable bonds is 5. The molecule has 0 amide bonds. The quantitative estimate of drug-likeness (QED) is 0.849. The van der Waals surface area contributed by atoms with Crippen molar-refractivity contribution in [1.29, 1.82) is 0 Å². The summed E-state index contributed by atoms with van der Waals surface area (Å²) >= 11 is 0. The summed E-state index contributed by atoms with van der Waals surface area (Å²) < 4.78 is 5.97. The van der Waals surface area contributed by atoms with Gasteiger partial charge in [0.05, 0.1) is 6.10 Å². The Bertz CT molecular complexity index is 379. The molecule has 18 heavy (non-hydrogen) atoms. The van der Waals surface area contributed by atoms with Crippen LogP contribution in [-0.2, 0) is 6.54 Å². The van der Waals surface area contributed by atoms with Crippen LogP contribution in [0.4, 0.5) is 0 Å². The van der Waals surface area contributed by atoms with E-state index in [4.69, 9.17) is 4.74 Å². The van der Waals surface area contributed by atoms with Gasteiger partial charge in [0.1, 0.15) is 5.75 Å². The highest BCUT2D eigenvalue weighted by Gasteiger charge is 2.12. The monoisotopic (exact) mass is 249 g/mol. The lowest BCUT2D eigenvalue weighted by atomic mass is 10.1. The molecule has 0 fully saturated rings. The Labute approximate surface area is 112 Å². The van der Waals surface area contributed by atoms with Gasteiger partial charge in [-0.2, -0.15) is 0 Å². The molecule has 2 heteroatoms. The maximum atomic E-state index is 5.97. The van der Waals surface area contributed by atoms with E-state index in [1.165, 1.54) is 11.1 Å². The largest absolute Gasteiger partial charge is 0.490 e. The second kappa shape index (κ2) is 6.24. The maximum Gasteiger partial charge on any atom is 0.124 e. The number of ether oxygens (including phenoxy) is 1. The highest BCUT2D eigenvalue weighted by Crippen LogP contribution is 2.22. The molecule has 1 aromatic carbocycles. The lowest BCUT2D eigenvalue weighted by Gasteiger charge is -2.23. The van der Waals surface area contributed by atoms with Gasteiger partial charge in [-0.25, -0.2) is 0 Å². The van der Waals surface area contributed by atoms with Gasteiger partial charge < -0.3 is 10.1 Å². The number of aryl methyl sites for hydroxylation is 1. The molecule has 0 saturated heterocycles. The Balaban J connectivity index is 2.83. The molecule has 102 valence electrons. The number of hydrogen-bond acceptors (Lipinski definition) is 2. The summed E-state index contributed by atoms with van der Waals surface area (Å²) in [5, 5.41) is 3.52. The Morgan fingerprint density at radius 1 is 1.28 bits per heavy atom. The molecule has 0 aromatic heterocycles. The lowest BCUT2D eigenvalue weighted by molar-refractivity contribution is 0.214. The zero-order valence-electron chi connectivity index (χ0n) is 12.6. The summed E-state index contributed by atoms with van der Waals surface area (Å²) in [6.07, 6.45) is 1.29. The van der Waals surface area contributed by atoms with Crippen LogP contribution in [0.1, 0.15) is 52.2 Å². The Morgan fingerprint density at radius 2 is 1.94 bits per heavy atom. The molecular weight excluding hydrogens is 222 g/mol. The third-order valence-electron chi connectivity index (χ3n) is 2.93. The van der Waals surface area contributed by atoms with E-state index >= 15 is 0 Å². The fourth-order valence-corrected chi connectivity index (χ4v) is 1.62. The SMILES string of the molecule is CCC(C)Oc1ccc(C)cc1CNC(C)(C)C. The first-order valence-corrected chi connectivity index (χ1v) is 6.83. The molecule has 0 aliphatic carbocycles. The van der Waals surface area contributed by atoms with E-state index in [1.807, 2.05) is 0 Å². The molecule has 1 unspecified atom stereocenters. The minimum Gasteiger partial charge on any atom is -0.490 e. The minimum atomic E-state index is 0.122. The second-order valence-corrected chi connectivity index (χ2v) is 6.05. The van der Waals surface area contributed by atoms with Gasteiger partial charge in [-0.3, -0.25) is 0 Å². The molecule has 0 spiro atoms. The molecular formula is C16H27NO. The van der Waals surface area contributed by atoms with E-state index in [0.29, 0.717) is 0 Å². The molecule has 1 atom stereocenters. The van der Waals surface area contributed by atoms with Crippen molar-refractivity contribution in [3.63, 3.8) is 0 Å². The highest BCUT2D eigenvalue weighted by molar-refractivity contribution is 5.37. The van der Waals surface area contributed by atoms with Crippen LogP contribution in [0, 0.1) is 6.92 Å². The van der Waals surface area contributed by atoms with Crippen molar-refractivity contribution in [3.8, 4) is 5.75 Å². The van der Waals surface area contributed by atoms with Crippen LogP contribution in [0.5, 0.6) is 5.75 Å². The number of hydrogen-bond donors (Lipinski definition) is 1. The zero-order valence-corrected chi connectivity index (χ0v) is 12.6. The molecule has 0 saturated carbocycles. The predicted octanol–water partition coefficient (Wildman–Crippen LogP) is 4.06. The van der Waals surface area contributed by atoms with Gasteiger partial charge in [0.2, 0.25) is 0 Å². The Hall–Kier alpha value is -1.02. The molecule has 0 bridgehead atoms. The van der Waals surface area contributed by atoms with Crippen LogP contribution in [0.15, 0.2) is 18.2 Å². The molecule has 0 aliphatic rings. The van der Waals surface area contributed by atoms with Crippen LogP contribution in [0.2, 0.25) is 0 Å². The summed E-state index contributed by atoms with van der Waals surface area (Å²) in [5.74, 6) is 1.01. The van der Waals surface area contributed by atoms with E-state index in [9.17, 15) is 0 Å². The first-order chi connectivity index (χ1) is 8.31. The van der Waals surface area contributed by atoms with E-state index in [-0.39, 0.29) is 11.6 Å². The zero-order chi connectivity index (χ0) is 13.8. The first-order valence-electron chi connectivity index (χ1n) is 6.83. The van der Waals surface area contributed by atoms with Gasteiger partial charge in [0, 0.05) is 17.6 Å². The minimum absolute atomic E-state index is 0.122. The number of benzene rings is 1. The van der Waals surface area contributed by atoms with Crippen molar-refractivity contribution in [1.82, 2.24) is 5.32 Å². The van der Waals surface area contributed by atoms with Gasteiger partial charge in [-0.05, 0) is 47.1 Å². The maximum absolute atomic E-state index is 5.97. The predicted molar refractivity (Wildman–Crippen MR) is 78.2 cm³/mol. The fraction of sp³-hybridized carbons (Fsp3) is 0.625. The first kappa shape index (κ1) is 15.0. The van der Waals surface area contributed by atoms with Crippen molar-refractivity contribution in [3.05, 3.63) is 29.3 Å². The van der Waals surface area contributed by atoms with Gasteiger partial charge in [-0.1, -0.05) is 24.6 Å². The topological polar surface area (TPSA) is 21.3 Å². The summed E-state index contributed by atoms with van der Waals surface area (Å²) in [7, 11) is 0. The fourth-order valence-electron chi connectivity index (χ4n) is 1.62. The third-order valence-corrected chi connectivity index (χ3v) is 2.93. The van der Waals surface area contributed by atoms with E-state index in [1.54, 1.807) is 0 Å². The summed E-state index contributed by atoms with van der Waals surface area (Å²) in [4.78, 5) is 0.